The van der Waals surface area contributed by atoms with Crippen molar-refractivity contribution in [3.8, 4) is 0 Å². The third-order valence-electron chi connectivity index (χ3n) is 3.68. The summed E-state index contributed by atoms with van der Waals surface area (Å²) in [6, 6.07) is 0. The van der Waals surface area contributed by atoms with Gasteiger partial charge in [0.1, 0.15) is 0 Å². The first-order chi connectivity index (χ1) is 7.77. The van der Waals surface area contributed by atoms with Gasteiger partial charge < -0.3 is 5.73 Å². The minimum Gasteiger partial charge on any atom is -0.330 e. The molecule has 0 aromatic carbocycles. The van der Waals surface area contributed by atoms with Crippen molar-refractivity contribution < 1.29 is 8.42 Å². The predicted molar refractivity (Wildman–Crippen MR) is 71.2 cm³/mol. The van der Waals surface area contributed by atoms with Gasteiger partial charge in [0.2, 0.25) is 10.0 Å². The maximum absolute atomic E-state index is 12.0. The van der Waals surface area contributed by atoms with Gasteiger partial charge in [0.05, 0.1) is 5.75 Å². The Hall–Kier alpha value is -0.130. The van der Waals surface area contributed by atoms with Crippen LogP contribution in [0.15, 0.2) is 0 Å². The molecule has 0 spiro atoms. The van der Waals surface area contributed by atoms with E-state index in [2.05, 4.69) is 20.8 Å². The van der Waals surface area contributed by atoms with Crippen LogP contribution in [0.4, 0.5) is 0 Å². The summed E-state index contributed by atoms with van der Waals surface area (Å²) in [4.78, 5) is 0. The van der Waals surface area contributed by atoms with Crippen molar-refractivity contribution in [1.82, 2.24) is 4.31 Å². The maximum atomic E-state index is 12.0. The van der Waals surface area contributed by atoms with Gasteiger partial charge in [-0.25, -0.2) is 12.7 Å². The second-order valence-corrected chi connectivity index (χ2v) is 8.09. The van der Waals surface area contributed by atoms with E-state index in [4.69, 9.17) is 5.73 Å². The molecule has 1 saturated heterocycles. The highest BCUT2D eigenvalue weighted by Gasteiger charge is 2.32. The molecule has 0 bridgehead atoms. The Kier molecular flexibility index (Phi) is 4.98. The van der Waals surface area contributed by atoms with Gasteiger partial charge in [-0.3, -0.25) is 0 Å². The quantitative estimate of drug-likeness (QED) is 0.833. The van der Waals surface area contributed by atoms with Gasteiger partial charge in [-0.15, -0.1) is 0 Å². The fourth-order valence-corrected chi connectivity index (χ4v) is 3.95. The third-order valence-corrected chi connectivity index (χ3v) is 5.63. The summed E-state index contributed by atoms with van der Waals surface area (Å²) in [6.45, 7) is 8.49. The largest absolute Gasteiger partial charge is 0.330 e. The molecule has 0 unspecified atom stereocenters. The Balaban J connectivity index is 2.52. The average Bonchev–Trinajstić information content (AvgIpc) is 2.25. The number of nitrogens with two attached hydrogens (primary N) is 1. The van der Waals surface area contributed by atoms with Crippen molar-refractivity contribution >= 4 is 10.0 Å². The molecule has 1 fully saturated rings. The zero-order valence-corrected chi connectivity index (χ0v) is 12.1. The molecular formula is C12H26N2O2S. The number of hydrogen-bond acceptors (Lipinski definition) is 3. The molecule has 0 atom stereocenters. The third kappa shape index (κ3) is 4.23. The summed E-state index contributed by atoms with van der Waals surface area (Å²) in [6.07, 6.45) is 2.51. The van der Waals surface area contributed by atoms with Crippen LogP contribution < -0.4 is 5.73 Å². The minimum atomic E-state index is -3.06. The highest BCUT2D eigenvalue weighted by molar-refractivity contribution is 7.89. The van der Waals surface area contributed by atoms with Gasteiger partial charge in [0, 0.05) is 13.1 Å². The first-order valence-electron chi connectivity index (χ1n) is 6.45. The lowest BCUT2D eigenvalue weighted by molar-refractivity contribution is 0.154. The summed E-state index contributed by atoms with van der Waals surface area (Å²) in [5.41, 5.74) is 5.65. The van der Waals surface area contributed by atoms with Gasteiger partial charge in [-0.05, 0) is 37.1 Å². The Morgan fingerprint density at radius 1 is 1.24 bits per heavy atom. The van der Waals surface area contributed by atoms with E-state index in [-0.39, 0.29) is 11.2 Å². The van der Waals surface area contributed by atoms with Crippen molar-refractivity contribution in [2.75, 3.05) is 25.4 Å². The standard InChI is InChI=1S/C12H26N2O2S/c1-12(2,3)11-5-8-14(9-6-11)17(15,16)10-4-7-13/h11H,4-10,13H2,1-3H3. The zero-order valence-electron chi connectivity index (χ0n) is 11.3. The van der Waals surface area contributed by atoms with Gasteiger partial charge >= 0.3 is 0 Å². The van der Waals surface area contributed by atoms with Gasteiger partial charge in [0.25, 0.3) is 0 Å². The molecule has 0 amide bonds. The van der Waals surface area contributed by atoms with Crippen LogP contribution >= 0.6 is 0 Å². The highest BCUT2D eigenvalue weighted by atomic mass is 32.2. The average molecular weight is 262 g/mol. The maximum Gasteiger partial charge on any atom is 0.214 e. The predicted octanol–water partition coefficient (Wildman–Crippen LogP) is 1.42. The Bertz CT molecular complexity index is 325. The van der Waals surface area contributed by atoms with E-state index in [1.807, 2.05) is 0 Å². The monoisotopic (exact) mass is 262 g/mol. The van der Waals surface area contributed by atoms with Crippen LogP contribution in [0.1, 0.15) is 40.0 Å². The first-order valence-corrected chi connectivity index (χ1v) is 8.06. The molecule has 5 heteroatoms. The van der Waals surface area contributed by atoms with E-state index < -0.39 is 10.0 Å². The van der Waals surface area contributed by atoms with E-state index >= 15 is 0 Å². The Morgan fingerprint density at radius 3 is 2.18 bits per heavy atom. The fourth-order valence-electron chi connectivity index (χ4n) is 2.39. The molecule has 17 heavy (non-hydrogen) atoms. The van der Waals surface area contributed by atoms with E-state index in [1.165, 1.54) is 0 Å². The SMILES string of the molecule is CC(C)(C)C1CCN(S(=O)(=O)CCCN)CC1. The molecule has 0 aromatic rings. The Labute approximate surface area is 106 Å². The fraction of sp³-hybridized carbons (Fsp3) is 1.00. The van der Waals surface area contributed by atoms with E-state index in [9.17, 15) is 8.42 Å². The van der Waals surface area contributed by atoms with Crippen molar-refractivity contribution in [3.05, 3.63) is 0 Å². The Morgan fingerprint density at radius 2 is 1.76 bits per heavy atom. The molecule has 1 rings (SSSR count). The van der Waals surface area contributed by atoms with Gasteiger partial charge in [0.15, 0.2) is 0 Å². The second kappa shape index (κ2) is 5.67. The second-order valence-electron chi connectivity index (χ2n) is 6.00. The van der Waals surface area contributed by atoms with Crippen molar-refractivity contribution in [2.24, 2.45) is 17.1 Å². The lowest BCUT2D eigenvalue weighted by atomic mass is 9.76. The molecule has 4 nitrogen and oxygen atoms in total. The van der Waals surface area contributed by atoms with Crippen molar-refractivity contribution in [3.63, 3.8) is 0 Å². The molecular weight excluding hydrogens is 236 g/mol. The van der Waals surface area contributed by atoms with Crippen LogP contribution in [0.2, 0.25) is 0 Å². The summed E-state index contributed by atoms with van der Waals surface area (Å²) in [5, 5.41) is 0. The van der Waals surface area contributed by atoms with E-state index in [0.717, 1.165) is 12.8 Å². The molecule has 1 heterocycles. The molecule has 1 aliphatic rings. The summed E-state index contributed by atoms with van der Waals surface area (Å²) < 4.78 is 25.6. The zero-order chi connectivity index (χ0) is 13.1. The van der Waals surface area contributed by atoms with Gasteiger partial charge in [-0.1, -0.05) is 20.8 Å². The topological polar surface area (TPSA) is 63.4 Å². The molecule has 2 N–H and O–H groups in total. The van der Waals surface area contributed by atoms with Crippen LogP contribution in [-0.4, -0.2) is 38.1 Å². The summed E-state index contributed by atoms with van der Waals surface area (Å²) in [5.74, 6) is 0.826. The normalized spacial score (nSPS) is 20.7. The molecule has 1 aliphatic heterocycles. The molecule has 102 valence electrons. The number of sulfonamides is 1. The molecule has 0 radical (unpaired) electrons. The van der Waals surface area contributed by atoms with E-state index in [1.54, 1.807) is 4.31 Å². The molecule has 0 aromatic heterocycles. The van der Waals surface area contributed by atoms with Crippen LogP contribution in [0.3, 0.4) is 0 Å². The number of nitrogens with zero attached hydrogens (tertiary/aromatic N) is 1. The van der Waals surface area contributed by atoms with Crippen molar-refractivity contribution in [2.45, 2.75) is 40.0 Å². The minimum absolute atomic E-state index is 0.198. The van der Waals surface area contributed by atoms with Gasteiger partial charge in [-0.2, -0.15) is 0 Å². The van der Waals surface area contributed by atoms with Crippen LogP contribution in [0.25, 0.3) is 0 Å². The smallest absolute Gasteiger partial charge is 0.214 e. The summed E-state index contributed by atoms with van der Waals surface area (Å²) >= 11 is 0. The molecule has 0 aliphatic carbocycles. The van der Waals surface area contributed by atoms with Crippen LogP contribution in [0, 0.1) is 11.3 Å². The van der Waals surface area contributed by atoms with Crippen LogP contribution in [0.5, 0.6) is 0 Å². The first kappa shape index (κ1) is 14.9. The van der Waals surface area contributed by atoms with Crippen molar-refractivity contribution in [1.29, 1.82) is 0 Å². The van der Waals surface area contributed by atoms with Crippen LogP contribution in [-0.2, 0) is 10.0 Å². The number of hydrogen-bond donors (Lipinski definition) is 1. The number of rotatable bonds is 4. The lowest BCUT2D eigenvalue weighted by Crippen LogP contribution is -2.42. The number of piperidine rings is 1. The summed E-state index contributed by atoms with van der Waals surface area (Å²) in [7, 11) is -3.06. The molecule has 0 saturated carbocycles. The van der Waals surface area contributed by atoms with E-state index in [0.29, 0.717) is 32.0 Å². The lowest BCUT2D eigenvalue weighted by Gasteiger charge is -2.38. The highest BCUT2D eigenvalue weighted by Crippen LogP contribution is 2.34.